The molecule has 56 valence electrons. The molecule has 0 saturated heterocycles. The molecule has 7 heteroatoms. The molecule has 0 bridgehead atoms. The number of hydrogen-bond donors (Lipinski definition) is 1. The molecule has 0 spiro atoms. The highest BCUT2D eigenvalue weighted by Crippen LogP contribution is 2.12. The maximum absolute atomic E-state index is 10.4. The van der Waals surface area contributed by atoms with E-state index in [0.29, 0.717) is 4.60 Å². The third-order valence-electron chi connectivity index (χ3n) is 0.810. The minimum atomic E-state index is -2.06. The Kier molecular flexibility index (Phi) is 2.17. The lowest BCUT2D eigenvalue weighted by atomic mass is 10.9. The number of aromatic nitrogens is 3. The Morgan fingerprint density at radius 1 is 1.70 bits per heavy atom. The van der Waals surface area contributed by atoms with Crippen molar-refractivity contribution >= 4 is 27.0 Å². The Balaban J connectivity index is 3.15. The summed E-state index contributed by atoms with van der Waals surface area (Å²) in [6, 6.07) is 0. The minimum absolute atomic E-state index is 0.0440. The van der Waals surface area contributed by atoms with Gasteiger partial charge in [0.25, 0.3) is 0 Å². The highest BCUT2D eigenvalue weighted by molar-refractivity contribution is 9.10. The van der Waals surface area contributed by atoms with Crippen LogP contribution in [0, 0.1) is 0 Å². The van der Waals surface area contributed by atoms with Crippen LogP contribution in [0.15, 0.2) is 9.63 Å². The van der Waals surface area contributed by atoms with Gasteiger partial charge in [-0.05, 0) is 15.9 Å². The molecule has 0 saturated carbocycles. The predicted octanol–water partition coefficient (Wildman–Crippen LogP) is 0.158. The first-order valence-electron chi connectivity index (χ1n) is 2.29. The van der Waals surface area contributed by atoms with Gasteiger partial charge in [0.2, 0.25) is 16.1 Å². The second-order valence-electron chi connectivity index (χ2n) is 1.53. The zero-order valence-corrected chi connectivity index (χ0v) is 7.39. The Morgan fingerprint density at radius 3 is 2.50 bits per heavy atom. The highest BCUT2D eigenvalue weighted by atomic mass is 79.9. The summed E-state index contributed by atoms with van der Waals surface area (Å²) < 4.78 is 19.2. The van der Waals surface area contributed by atoms with Crippen molar-refractivity contribution in [3.63, 3.8) is 0 Å². The third kappa shape index (κ3) is 1.41. The van der Waals surface area contributed by atoms with Crippen molar-refractivity contribution in [2.24, 2.45) is 7.05 Å². The van der Waals surface area contributed by atoms with Gasteiger partial charge < -0.3 is 4.55 Å². The van der Waals surface area contributed by atoms with E-state index in [0.717, 1.165) is 0 Å². The van der Waals surface area contributed by atoms with Crippen LogP contribution in [0.1, 0.15) is 0 Å². The molecule has 1 aromatic heterocycles. The maximum atomic E-state index is 10.4. The monoisotopic (exact) mass is 225 g/mol. The average molecular weight is 226 g/mol. The fraction of sp³-hybridized carbons (Fsp3) is 0.333. The molecule has 1 heterocycles. The van der Waals surface area contributed by atoms with Gasteiger partial charge in [0, 0.05) is 7.05 Å². The van der Waals surface area contributed by atoms with Gasteiger partial charge in [-0.1, -0.05) is 0 Å². The van der Waals surface area contributed by atoms with Crippen LogP contribution in [0.2, 0.25) is 0 Å². The molecule has 1 N–H and O–H groups in total. The molecule has 0 aliphatic heterocycles. The van der Waals surface area contributed by atoms with Crippen molar-refractivity contribution in [1.29, 1.82) is 0 Å². The highest BCUT2D eigenvalue weighted by Gasteiger charge is 2.11. The summed E-state index contributed by atoms with van der Waals surface area (Å²) in [7, 11) is 1.57. The van der Waals surface area contributed by atoms with Gasteiger partial charge in [-0.15, -0.1) is 10.2 Å². The fourth-order valence-corrected chi connectivity index (χ4v) is 1.57. The lowest BCUT2D eigenvalue weighted by Gasteiger charge is -1.82. The second-order valence-corrected chi connectivity index (χ2v) is 3.17. The van der Waals surface area contributed by atoms with E-state index in [9.17, 15) is 4.21 Å². The molecule has 0 amide bonds. The zero-order chi connectivity index (χ0) is 7.72. The van der Waals surface area contributed by atoms with Crippen LogP contribution >= 0.6 is 15.9 Å². The average Bonchev–Trinajstić information content (AvgIpc) is 2.10. The van der Waals surface area contributed by atoms with Gasteiger partial charge in [-0.3, -0.25) is 0 Å². The molecule has 10 heavy (non-hydrogen) atoms. The normalized spacial score (nSPS) is 13.5. The summed E-state index contributed by atoms with van der Waals surface area (Å²) in [6.45, 7) is 0. The molecule has 1 unspecified atom stereocenters. The van der Waals surface area contributed by atoms with E-state index in [1.165, 1.54) is 4.80 Å². The van der Waals surface area contributed by atoms with E-state index in [4.69, 9.17) is 4.55 Å². The maximum Gasteiger partial charge on any atom is 0.211 e. The summed E-state index contributed by atoms with van der Waals surface area (Å²) in [4.78, 5) is 1.22. The van der Waals surface area contributed by atoms with E-state index in [1.807, 2.05) is 0 Å². The molecule has 0 aromatic carbocycles. The van der Waals surface area contributed by atoms with Gasteiger partial charge >= 0.3 is 0 Å². The molecular weight excluding hydrogens is 222 g/mol. The summed E-state index contributed by atoms with van der Waals surface area (Å²) in [5.74, 6) is 0. The summed E-state index contributed by atoms with van der Waals surface area (Å²) in [5.41, 5.74) is 0. The van der Waals surface area contributed by atoms with Gasteiger partial charge in [0.05, 0.1) is 0 Å². The lowest BCUT2D eigenvalue weighted by Crippen LogP contribution is -1.94. The van der Waals surface area contributed by atoms with Crippen LogP contribution in [-0.2, 0) is 18.1 Å². The molecule has 0 aliphatic rings. The quantitative estimate of drug-likeness (QED) is 0.692. The molecule has 1 aromatic rings. The van der Waals surface area contributed by atoms with Crippen LogP contribution in [0.4, 0.5) is 0 Å². The molecule has 5 nitrogen and oxygen atoms in total. The number of hydrogen-bond acceptors (Lipinski definition) is 3. The van der Waals surface area contributed by atoms with Gasteiger partial charge in [0.1, 0.15) is 0 Å². The number of halogens is 1. The molecule has 0 fully saturated rings. The van der Waals surface area contributed by atoms with Crippen LogP contribution < -0.4 is 0 Å². The van der Waals surface area contributed by atoms with Crippen molar-refractivity contribution in [3.05, 3.63) is 4.60 Å². The predicted molar refractivity (Wildman–Crippen MR) is 37.7 cm³/mol. The van der Waals surface area contributed by atoms with Crippen LogP contribution in [0.3, 0.4) is 0 Å². The van der Waals surface area contributed by atoms with Crippen molar-refractivity contribution in [3.8, 4) is 0 Å². The Bertz CT molecular complexity index is 273. The molecule has 0 aliphatic carbocycles. The number of nitrogens with zero attached hydrogens (tertiary/aromatic N) is 3. The minimum Gasteiger partial charge on any atom is -0.301 e. The van der Waals surface area contributed by atoms with E-state index in [-0.39, 0.29) is 5.03 Å². The standard InChI is InChI=1S/C3H4BrN3O2S/c1-7-5-2(4)3(6-7)10(8)9/h1H3,(H,8,9). The topological polar surface area (TPSA) is 68.0 Å². The van der Waals surface area contributed by atoms with E-state index in [2.05, 4.69) is 26.1 Å². The molecule has 1 atom stereocenters. The largest absolute Gasteiger partial charge is 0.301 e. The van der Waals surface area contributed by atoms with Crippen molar-refractivity contribution < 1.29 is 8.76 Å². The summed E-state index contributed by atoms with van der Waals surface area (Å²) in [5, 5.41) is 7.36. The Labute approximate surface area is 67.8 Å². The van der Waals surface area contributed by atoms with E-state index >= 15 is 0 Å². The van der Waals surface area contributed by atoms with Crippen molar-refractivity contribution in [2.75, 3.05) is 0 Å². The molecular formula is C3H4BrN3O2S. The smallest absolute Gasteiger partial charge is 0.211 e. The summed E-state index contributed by atoms with van der Waals surface area (Å²) >= 11 is 0.909. The van der Waals surface area contributed by atoms with E-state index in [1.54, 1.807) is 7.05 Å². The first kappa shape index (κ1) is 7.83. The first-order valence-corrected chi connectivity index (χ1v) is 4.19. The van der Waals surface area contributed by atoms with Crippen LogP contribution in [-0.4, -0.2) is 23.8 Å². The number of aryl methyl sites for hydroxylation is 1. The van der Waals surface area contributed by atoms with Crippen molar-refractivity contribution in [2.45, 2.75) is 5.03 Å². The van der Waals surface area contributed by atoms with Crippen LogP contribution in [0.25, 0.3) is 0 Å². The third-order valence-corrected chi connectivity index (χ3v) is 2.21. The van der Waals surface area contributed by atoms with Gasteiger partial charge in [-0.2, -0.15) is 4.80 Å². The van der Waals surface area contributed by atoms with Crippen molar-refractivity contribution in [1.82, 2.24) is 15.0 Å². The van der Waals surface area contributed by atoms with Gasteiger partial charge in [-0.25, -0.2) is 4.21 Å². The SMILES string of the molecule is Cn1nc(Br)c(S(=O)O)n1. The Morgan fingerprint density at radius 2 is 2.30 bits per heavy atom. The fourth-order valence-electron chi connectivity index (χ4n) is 0.472. The molecule has 1 rings (SSSR count). The Hall–Kier alpha value is -0.270. The summed E-state index contributed by atoms with van der Waals surface area (Å²) in [6.07, 6.45) is 0. The molecule has 0 radical (unpaired) electrons. The second kappa shape index (κ2) is 2.77. The van der Waals surface area contributed by atoms with Gasteiger partial charge in [0.15, 0.2) is 4.60 Å². The number of rotatable bonds is 1. The van der Waals surface area contributed by atoms with Crippen LogP contribution in [0.5, 0.6) is 0 Å². The van der Waals surface area contributed by atoms with E-state index < -0.39 is 11.1 Å². The first-order chi connectivity index (χ1) is 4.61. The zero-order valence-electron chi connectivity index (χ0n) is 4.98. The lowest BCUT2D eigenvalue weighted by molar-refractivity contribution is 0.554.